The van der Waals surface area contributed by atoms with Crippen LogP contribution in [0.25, 0.3) is 11.3 Å². The predicted octanol–water partition coefficient (Wildman–Crippen LogP) is 5.05. The summed E-state index contributed by atoms with van der Waals surface area (Å²) in [6.45, 7) is 0.165. The topological polar surface area (TPSA) is 69.7 Å². The summed E-state index contributed by atoms with van der Waals surface area (Å²) < 4.78 is 51.7. The van der Waals surface area contributed by atoms with Gasteiger partial charge in [0.05, 0.1) is 11.1 Å². The highest BCUT2D eigenvalue weighted by Crippen LogP contribution is 2.51. The van der Waals surface area contributed by atoms with Crippen LogP contribution in [-0.4, -0.2) is 24.0 Å². The number of fused-ring (bicyclic) bond motifs is 1. The third kappa shape index (κ3) is 3.93. The molecule has 1 N–H and O–H groups in total. The number of benzene rings is 2. The lowest BCUT2D eigenvalue weighted by atomic mass is 9.94. The summed E-state index contributed by atoms with van der Waals surface area (Å²) in [6, 6.07) is 16.0. The van der Waals surface area contributed by atoms with Gasteiger partial charge in [0.25, 0.3) is 0 Å². The van der Waals surface area contributed by atoms with Gasteiger partial charge in [-0.3, -0.25) is 4.79 Å². The van der Waals surface area contributed by atoms with Crippen molar-refractivity contribution in [2.45, 2.75) is 24.6 Å². The highest BCUT2D eigenvalue weighted by Gasteiger charge is 2.51. The first-order valence-electron chi connectivity index (χ1n) is 9.87. The van der Waals surface area contributed by atoms with Crippen molar-refractivity contribution in [3.63, 3.8) is 0 Å². The van der Waals surface area contributed by atoms with Gasteiger partial charge in [0.15, 0.2) is 11.5 Å². The number of hydrogen-bond donors (Lipinski definition) is 1. The van der Waals surface area contributed by atoms with E-state index in [-0.39, 0.29) is 18.4 Å². The minimum Gasteiger partial charge on any atom is -0.454 e. The van der Waals surface area contributed by atoms with E-state index in [1.165, 1.54) is 24.3 Å². The molecule has 5 rings (SSSR count). The molecule has 0 saturated heterocycles. The molecule has 32 heavy (non-hydrogen) atoms. The Labute approximate surface area is 180 Å². The molecule has 1 aliphatic heterocycles. The number of hydrogen-bond acceptors (Lipinski definition) is 5. The smallest absolute Gasteiger partial charge is 0.454 e. The van der Waals surface area contributed by atoms with Crippen molar-refractivity contribution in [3.8, 4) is 28.5 Å². The van der Waals surface area contributed by atoms with E-state index in [4.69, 9.17) is 9.47 Å². The van der Waals surface area contributed by atoms with Gasteiger partial charge < -0.3 is 19.5 Å². The highest BCUT2D eigenvalue weighted by atomic mass is 19.4. The van der Waals surface area contributed by atoms with Gasteiger partial charge in [0.2, 0.25) is 12.7 Å². The molecule has 0 atom stereocenters. The Kier molecular flexibility index (Phi) is 4.69. The van der Waals surface area contributed by atoms with Crippen molar-refractivity contribution in [1.29, 1.82) is 0 Å². The van der Waals surface area contributed by atoms with E-state index in [1.807, 2.05) is 12.1 Å². The van der Waals surface area contributed by atoms with E-state index in [2.05, 4.69) is 15.0 Å². The summed E-state index contributed by atoms with van der Waals surface area (Å²) >= 11 is 0. The van der Waals surface area contributed by atoms with Crippen LogP contribution in [0.4, 0.5) is 19.0 Å². The Morgan fingerprint density at radius 2 is 1.75 bits per heavy atom. The molecule has 2 aromatic carbocycles. The lowest BCUT2D eigenvalue weighted by Crippen LogP contribution is -2.28. The van der Waals surface area contributed by atoms with Crippen molar-refractivity contribution in [1.82, 2.24) is 4.98 Å². The largest absolute Gasteiger partial charge is 0.573 e. The summed E-state index contributed by atoms with van der Waals surface area (Å²) in [5.41, 5.74) is 1.31. The zero-order valence-corrected chi connectivity index (χ0v) is 16.6. The fourth-order valence-electron chi connectivity index (χ4n) is 3.69. The third-order valence-corrected chi connectivity index (χ3v) is 5.48. The van der Waals surface area contributed by atoms with Gasteiger partial charge in [-0.2, -0.15) is 0 Å². The summed E-state index contributed by atoms with van der Waals surface area (Å²) in [5.74, 6) is 1.15. The number of aromatic nitrogens is 1. The molecule has 1 saturated carbocycles. The second kappa shape index (κ2) is 7.44. The van der Waals surface area contributed by atoms with E-state index >= 15 is 0 Å². The summed E-state index contributed by atoms with van der Waals surface area (Å²) in [6.07, 6.45) is -3.33. The monoisotopic (exact) mass is 442 g/mol. The van der Waals surface area contributed by atoms with Gasteiger partial charge in [-0.25, -0.2) is 4.98 Å². The molecule has 3 aromatic rings. The maximum Gasteiger partial charge on any atom is 0.573 e. The van der Waals surface area contributed by atoms with Crippen molar-refractivity contribution in [2.75, 3.05) is 12.1 Å². The van der Waals surface area contributed by atoms with E-state index in [1.54, 1.807) is 24.3 Å². The van der Waals surface area contributed by atoms with Crippen LogP contribution in [0.1, 0.15) is 18.4 Å². The number of amides is 1. The molecule has 1 aromatic heterocycles. The van der Waals surface area contributed by atoms with Gasteiger partial charge >= 0.3 is 6.36 Å². The Hall–Kier alpha value is -3.75. The summed E-state index contributed by atoms with van der Waals surface area (Å²) in [4.78, 5) is 17.5. The fraction of sp³-hybridized carbons (Fsp3) is 0.217. The normalized spacial score (nSPS) is 15.8. The maximum absolute atomic E-state index is 13.1. The minimum absolute atomic E-state index is 0.165. The van der Waals surface area contributed by atoms with Crippen LogP contribution in [0.3, 0.4) is 0 Å². The average Bonchev–Trinajstić information content (AvgIpc) is 3.44. The van der Waals surface area contributed by atoms with Gasteiger partial charge in [0, 0.05) is 5.56 Å². The lowest BCUT2D eigenvalue weighted by molar-refractivity contribution is -0.274. The molecule has 0 bridgehead atoms. The molecule has 9 heteroatoms. The number of alkyl halides is 3. The molecule has 2 aliphatic rings. The molecule has 6 nitrogen and oxygen atoms in total. The van der Waals surface area contributed by atoms with Gasteiger partial charge in [-0.05, 0) is 66.9 Å². The van der Waals surface area contributed by atoms with Crippen LogP contribution in [0.2, 0.25) is 0 Å². The van der Waals surface area contributed by atoms with E-state index in [0.29, 0.717) is 41.4 Å². The molecule has 1 aliphatic carbocycles. The van der Waals surface area contributed by atoms with E-state index in [9.17, 15) is 18.0 Å². The number of pyridine rings is 1. The number of anilines is 1. The first-order chi connectivity index (χ1) is 15.3. The van der Waals surface area contributed by atoms with E-state index in [0.717, 1.165) is 5.56 Å². The Morgan fingerprint density at radius 3 is 2.47 bits per heavy atom. The van der Waals surface area contributed by atoms with Gasteiger partial charge in [-0.1, -0.05) is 12.1 Å². The quantitative estimate of drug-likeness (QED) is 0.599. The first-order valence-corrected chi connectivity index (χ1v) is 9.87. The fourth-order valence-corrected chi connectivity index (χ4v) is 3.69. The number of ether oxygens (including phenoxy) is 3. The zero-order valence-electron chi connectivity index (χ0n) is 16.6. The Balaban J connectivity index is 1.32. The number of rotatable bonds is 5. The van der Waals surface area contributed by atoms with Crippen LogP contribution in [-0.2, 0) is 10.2 Å². The van der Waals surface area contributed by atoms with Crippen molar-refractivity contribution >= 4 is 11.7 Å². The molecule has 2 heterocycles. The molecule has 0 radical (unpaired) electrons. The Morgan fingerprint density at radius 1 is 1.00 bits per heavy atom. The molecule has 0 unspecified atom stereocenters. The van der Waals surface area contributed by atoms with Crippen molar-refractivity contribution in [2.24, 2.45) is 0 Å². The standard InChI is InChI=1S/C23H17F3N2O4/c24-23(25,26)32-16-7-4-14(5-8-16)17-2-1-3-20(27-17)28-21(29)22(10-11-22)15-6-9-18-19(12-15)31-13-30-18/h1-9,12H,10-11,13H2,(H,27,28,29). The third-order valence-electron chi connectivity index (χ3n) is 5.48. The molecule has 164 valence electrons. The van der Waals surface area contributed by atoms with Crippen LogP contribution in [0.5, 0.6) is 17.2 Å². The van der Waals surface area contributed by atoms with Crippen molar-refractivity contribution in [3.05, 3.63) is 66.2 Å². The molecular weight excluding hydrogens is 425 g/mol. The molecule has 0 spiro atoms. The molecule has 1 amide bonds. The first kappa shape index (κ1) is 20.2. The summed E-state index contributed by atoms with van der Waals surface area (Å²) in [5, 5.41) is 2.87. The number of halogens is 3. The second-order valence-corrected chi connectivity index (χ2v) is 7.58. The molecule has 1 fully saturated rings. The van der Waals surface area contributed by atoms with Crippen LogP contribution >= 0.6 is 0 Å². The van der Waals surface area contributed by atoms with Crippen molar-refractivity contribution < 1.29 is 32.2 Å². The maximum atomic E-state index is 13.1. The van der Waals surface area contributed by atoms with Gasteiger partial charge in [-0.15, -0.1) is 13.2 Å². The zero-order chi connectivity index (χ0) is 22.3. The number of nitrogens with zero attached hydrogens (tertiary/aromatic N) is 1. The highest BCUT2D eigenvalue weighted by molar-refractivity contribution is 6.01. The lowest BCUT2D eigenvalue weighted by Gasteiger charge is -2.16. The number of carbonyl (C=O) groups excluding carboxylic acids is 1. The van der Waals surface area contributed by atoms with Crippen LogP contribution < -0.4 is 19.5 Å². The summed E-state index contributed by atoms with van der Waals surface area (Å²) in [7, 11) is 0. The number of carbonyl (C=O) groups is 1. The second-order valence-electron chi connectivity index (χ2n) is 7.58. The molecular formula is C23H17F3N2O4. The van der Waals surface area contributed by atoms with E-state index < -0.39 is 11.8 Å². The predicted molar refractivity (Wildman–Crippen MR) is 108 cm³/mol. The Bertz CT molecular complexity index is 1170. The van der Waals surface area contributed by atoms with Gasteiger partial charge in [0.1, 0.15) is 11.6 Å². The SMILES string of the molecule is O=C(Nc1cccc(-c2ccc(OC(F)(F)F)cc2)n1)C1(c2ccc3c(c2)OCO3)CC1. The number of nitrogens with one attached hydrogen (secondary N) is 1. The minimum atomic E-state index is -4.75. The average molecular weight is 442 g/mol. The van der Waals surface area contributed by atoms with Crippen LogP contribution in [0.15, 0.2) is 60.7 Å². The van der Waals surface area contributed by atoms with Crippen LogP contribution in [0, 0.1) is 0 Å².